The van der Waals surface area contributed by atoms with Crippen LogP contribution in [0.2, 0.25) is 0 Å². The summed E-state index contributed by atoms with van der Waals surface area (Å²) in [7, 11) is 1.42. The van der Waals surface area contributed by atoms with E-state index in [0.29, 0.717) is 43.4 Å². The molecular formula is C17H28F3IN4O2. The van der Waals surface area contributed by atoms with Gasteiger partial charge in [-0.25, -0.2) is 0 Å². The van der Waals surface area contributed by atoms with E-state index >= 15 is 0 Å². The van der Waals surface area contributed by atoms with Crippen LogP contribution in [0.3, 0.4) is 0 Å². The molecule has 27 heavy (non-hydrogen) atoms. The van der Waals surface area contributed by atoms with E-state index in [1.807, 2.05) is 13.8 Å². The van der Waals surface area contributed by atoms with Crippen LogP contribution in [0.4, 0.5) is 18.9 Å². The Hall–Kier alpha value is -1.43. The second-order valence-corrected chi connectivity index (χ2v) is 5.62. The first-order chi connectivity index (χ1) is 12.2. The highest BCUT2D eigenvalue weighted by Crippen LogP contribution is 2.29. The van der Waals surface area contributed by atoms with Crippen LogP contribution in [0.25, 0.3) is 0 Å². The fourth-order valence-corrected chi connectivity index (χ4v) is 2.25. The lowest BCUT2D eigenvalue weighted by Gasteiger charge is -2.17. The largest absolute Gasteiger partial charge is 0.494 e. The molecule has 10 heteroatoms. The number of hydrogen-bond acceptors (Lipinski definition) is 4. The third-order valence-electron chi connectivity index (χ3n) is 3.25. The van der Waals surface area contributed by atoms with Gasteiger partial charge in [-0.1, -0.05) is 0 Å². The molecule has 0 radical (unpaired) electrons. The van der Waals surface area contributed by atoms with Crippen molar-refractivity contribution in [3.05, 3.63) is 18.2 Å². The van der Waals surface area contributed by atoms with Crippen LogP contribution in [-0.2, 0) is 0 Å². The number of guanidine groups is 1. The highest BCUT2D eigenvalue weighted by molar-refractivity contribution is 14.0. The van der Waals surface area contributed by atoms with Crippen molar-refractivity contribution >= 4 is 35.6 Å². The molecule has 0 saturated carbocycles. The fraction of sp³-hybridized carbons (Fsp3) is 0.588. The van der Waals surface area contributed by atoms with E-state index in [4.69, 9.17) is 15.2 Å². The summed E-state index contributed by atoms with van der Waals surface area (Å²) in [6, 6.07) is 5.33. The summed E-state index contributed by atoms with van der Waals surface area (Å²) in [5.41, 5.74) is 6.48. The van der Waals surface area contributed by atoms with Gasteiger partial charge in [0, 0.05) is 12.6 Å². The molecule has 1 aromatic rings. The first-order valence-electron chi connectivity index (χ1n) is 8.47. The van der Waals surface area contributed by atoms with Crippen LogP contribution in [-0.4, -0.2) is 56.9 Å². The number of hydrogen-bond donors (Lipinski definition) is 2. The summed E-state index contributed by atoms with van der Waals surface area (Å²) in [6.07, 6.45) is -3.73. The minimum atomic E-state index is -4.19. The molecule has 156 valence electrons. The van der Waals surface area contributed by atoms with E-state index in [0.717, 1.165) is 0 Å². The molecule has 0 aliphatic carbocycles. The third-order valence-corrected chi connectivity index (χ3v) is 3.25. The fourth-order valence-electron chi connectivity index (χ4n) is 2.25. The highest BCUT2D eigenvalue weighted by atomic mass is 127. The SMILES string of the molecule is CCOc1ccc(OCC)c(NC(N)=NCCCN(C)CC(F)(F)F)c1.I. The Morgan fingerprint density at radius 1 is 1.22 bits per heavy atom. The Morgan fingerprint density at radius 2 is 1.89 bits per heavy atom. The molecule has 0 saturated heterocycles. The van der Waals surface area contributed by atoms with Gasteiger partial charge in [0.2, 0.25) is 0 Å². The zero-order chi connectivity index (χ0) is 19.6. The molecule has 0 spiro atoms. The summed E-state index contributed by atoms with van der Waals surface area (Å²) in [5.74, 6) is 1.44. The second kappa shape index (κ2) is 12.9. The van der Waals surface area contributed by atoms with Gasteiger partial charge < -0.3 is 20.5 Å². The van der Waals surface area contributed by atoms with Crippen molar-refractivity contribution in [2.24, 2.45) is 10.7 Å². The smallest absolute Gasteiger partial charge is 0.401 e. The second-order valence-electron chi connectivity index (χ2n) is 5.62. The van der Waals surface area contributed by atoms with Crippen molar-refractivity contribution in [2.75, 3.05) is 45.2 Å². The number of nitrogens with two attached hydrogens (primary N) is 1. The monoisotopic (exact) mass is 504 g/mol. The Labute approximate surface area is 175 Å². The molecular weight excluding hydrogens is 476 g/mol. The van der Waals surface area contributed by atoms with E-state index in [2.05, 4.69) is 10.3 Å². The number of aliphatic imine (C=N–C) groups is 1. The molecule has 3 N–H and O–H groups in total. The average molecular weight is 504 g/mol. The number of ether oxygens (including phenoxy) is 2. The standard InChI is InChI=1S/C17H27F3N4O2.HI/c1-4-25-13-7-8-15(26-5-2)14(11-13)23-16(21)22-9-6-10-24(3)12-17(18,19)20;/h7-8,11H,4-6,9-10,12H2,1-3H3,(H3,21,22,23);1H. The van der Waals surface area contributed by atoms with Gasteiger partial charge in [0.05, 0.1) is 25.4 Å². The number of nitrogens with one attached hydrogen (secondary N) is 1. The molecule has 0 aliphatic heterocycles. The number of rotatable bonds is 10. The van der Waals surface area contributed by atoms with Crippen molar-refractivity contribution in [2.45, 2.75) is 26.4 Å². The summed E-state index contributed by atoms with van der Waals surface area (Å²) in [4.78, 5) is 5.35. The molecule has 0 fully saturated rings. The molecule has 1 rings (SSSR count). The molecule has 1 aromatic carbocycles. The van der Waals surface area contributed by atoms with Crippen LogP contribution >= 0.6 is 24.0 Å². The van der Waals surface area contributed by atoms with Gasteiger partial charge in [0.25, 0.3) is 0 Å². The quantitative estimate of drug-likeness (QED) is 0.220. The lowest BCUT2D eigenvalue weighted by atomic mass is 10.2. The Bertz CT molecular complexity index is 586. The van der Waals surface area contributed by atoms with Crippen LogP contribution < -0.4 is 20.5 Å². The maximum atomic E-state index is 12.3. The highest BCUT2D eigenvalue weighted by Gasteiger charge is 2.28. The molecule has 0 aliphatic rings. The lowest BCUT2D eigenvalue weighted by Crippen LogP contribution is -2.32. The van der Waals surface area contributed by atoms with Crippen molar-refractivity contribution in [1.29, 1.82) is 0 Å². The first kappa shape index (κ1) is 25.6. The predicted molar refractivity (Wildman–Crippen MR) is 112 cm³/mol. The van der Waals surface area contributed by atoms with E-state index in [-0.39, 0.29) is 36.5 Å². The zero-order valence-corrected chi connectivity index (χ0v) is 18.1. The molecule has 0 amide bonds. The van der Waals surface area contributed by atoms with Gasteiger partial charge in [-0.05, 0) is 46.0 Å². The zero-order valence-electron chi connectivity index (χ0n) is 15.8. The molecule has 0 unspecified atom stereocenters. The number of anilines is 1. The summed E-state index contributed by atoms with van der Waals surface area (Å²) in [6.45, 7) is 4.43. The summed E-state index contributed by atoms with van der Waals surface area (Å²) >= 11 is 0. The number of nitrogens with zero attached hydrogens (tertiary/aromatic N) is 2. The van der Waals surface area contributed by atoms with Crippen LogP contribution in [0.15, 0.2) is 23.2 Å². The van der Waals surface area contributed by atoms with Crippen molar-refractivity contribution in [1.82, 2.24) is 4.90 Å². The molecule has 0 aromatic heterocycles. The topological polar surface area (TPSA) is 72.1 Å². The Balaban J connectivity index is 0.00000676. The third kappa shape index (κ3) is 11.1. The summed E-state index contributed by atoms with van der Waals surface area (Å²) < 4.78 is 47.7. The maximum Gasteiger partial charge on any atom is 0.401 e. The van der Waals surface area contributed by atoms with Crippen LogP contribution in [0.1, 0.15) is 20.3 Å². The molecule has 0 atom stereocenters. The van der Waals surface area contributed by atoms with Gasteiger partial charge in [-0.3, -0.25) is 9.89 Å². The van der Waals surface area contributed by atoms with Crippen LogP contribution in [0, 0.1) is 0 Å². The number of halogens is 4. The number of alkyl halides is 3. The Kier molecular flexibility index (Phi) is 12.2. The van der Waals surface area contributed by atoms with Gasteiger partial charge in [-0.15, -0.1) is 24.0 Å². The summed E-state index contributed by atoms with van der Waals surface area (Å²) in [5, 5.41) is 2.95. The van der Waals surface area contributed by atoms with E-state index in [1.54, 1.807) is 18.2 Å². The predicted octanol–water partition coefficient (Wildman–Crippen LogP) is 3.71. The van der Waals surface area contributed by atoms with E-state index in [1.165, 1.54) is 11.9 Å². The van der Waals surface area contributed by atoms with Gasteiger partial charge in [0.1, 0.15) is 11.5 Å². The van der Waals surface area contributed by atoms with Crippen LogP contribution in [0.5, 0.6) is 11.5 Å². The van der Waals surface area contributed by atoms with E-state index < -0.39 is 12.7 Å². The lowest BCUT2D eigenvalue weighted by molar-refractivity contribution is -0.143. The average Bonchev–Trinajstić information content (AvgIpc) is 2.53. The van der Waals surface area contributed by atoms with Crippen molar-refractivity contribution in [3.8, 4) is 11.5 Å². The van der Waals surface area contributed by atoms with Crippen molar-refractivity contribution < 1.29 is 22.6 Å². The van der Waals surface area contributed by atoms with Gasteiger partial charge >= 0.3 is 6.18 Å². The van der Waals surface area contributed by atoms with Gasteiger partial charge in [0.15, 0.2) is 5.96 Å². The first-order valence-corrected chi connectivity index (χ1v) is 8.47. The normalized spacial score (nSPS) is 11.9. The van der Waals surface area contributed by atoms with Gasteiger partial charge in [-0.2, -0.15) is 13.2 Å². The maximum absolute atomic E-state index is 12.3. The Morgan fingerprint density at radius 3 is 2.48 bits per heavy atom. The minimum absolute atomic E-state index is 0. The molecule has 0 heterocycles. The molecule has 6 nitrogen and oxygen atoms in total. The molecule has 0 bridgehead atoms. The van der Waals surface area contributed by atoms with E-state index in [9.17, 15) is 13.2 Å². The minimum Gasteiger partial charge on any atom is -0.494 e. The van der Waals surface area contributed by atoms with Crippen molar-refractivity contribution in [3.63, 3.8) is 0 Å². The number of benzene rings is 1.